The molecule has 0 aliphatic carbocycles. The first-order valence-corrected chi connectivity index (χ1v) is 7.84. The Morgan fingerprint density at radius 3 is 2.44 bits per heavy atom. The van der Waals surface area contributed by atoms with Crippen molar-refractivity contribution in [2.75, 3.05) is 6.54 Å². The van der Waals surface area contributed by atoms with Gasteiger partial charge in [0.25, 0.3) is 0 Å². The van der Waals surface area contributed by atoms with Crippen LogP contribution in [0.2, 0.25) is 0 Å². The van der Waals surface area contributed by atoms with Gasteiger partial charge in [-0.2, -0.15) is 0 Å². The fraction of sp³-hybridized carbons (Fsp3) is 0.600. The standard InChI is InChI=1S/C15H23NOS/c1-15(2,3)18(17)16-12-8-7-11-14(16)13-9-5-4-6-10-13/h4-6,9-10,14H,7-8,11-12H2,1-3H3/t14-,18-/m1/s1. The molecule has 0 spiro atoms. The molecule has 3 heteroatoms. The number of benzene rings is 1. The van der Waals surface area contributed by atoms with E-state index in [1.54, 1.807) is 0 Å². The topological polar surface area (TPSA) is 20.3 Å². The summed E-state index contributed by atoms with van der Waals surface area (Å²) in [4.78, 5) is 0. The maximum atomic E-state index is 12.6. The molecule has 1 saturated heterocycles. The molecule has 1 heterocycles. The Morgan fingerprint density at radius 1 is 1.17 bits per heavy atom. The van der Waals surface area contributed by atoms with Crippen molar-refractivity contribution >= 4 is 11.0 Å². The molecule has 100 valence electrons. The van der Waals surface area contributed by atoms with Gasteiger partial charge in [-0.25, -0.2) is 8.51 Å². The van der Waals surface area contributed by atoms with E-state index < -0.39 is 11.0 Å². The Kier molecular flexibility index (Phi) is 4.23. The number of rotatable bonds is 2. The van der Waals surface area contributed by atoms with Crippen LogP contribution in [0, 0.1) is 0 Å². The summed E-state index contributed by atoms with van der Waals surface area (Å²) in [5, 5.41) is 0. The van der Waals surface area contributed by atoms with E-state index in [9.17, 15) is 4.21 Å². The van der Waals surface area contributed by atoms with E-state index >= 15 is 0 Å². The van der Waals surface area contributed by atoms with Gasteiger partial charge >= 0.3 is 0 Å². The summed E-state index contributed by atoms with van der Waals surface area (Å²) in [7, 11) is -0.921. The molecule has 1 aromatic carbocycles. The quantitative estimate of drug-likeness (QED) is 0.799. The van der Waals surface area contributed by atoms with Crippen molar-refractivity contribution in [1.82, 2.24) is 4.31 Å². The smallest absolute Gasteiger partial charge is 0.100 e. The first-order valence-electron chi connectivity index (χ1n) is 6.74. The van der Waals surface area contributed by atoms with Gasteiger partial charge in [0, 0.05) is 12.6 Å². The van der Waals surface area contributed by atoms with Gasteiger partial charge in [-0.1, -0.05) is 36.8 Å². The summed E-state index contributed by atoms with van der Waals surface area (Å²) in [5.41, 5.74) is 1.30. The van der Waals surface area contributed by atoms with Crippen LogP contribution in [-0.4, -0.2) is 19.8 Å². The van der Waals surface area contributed by atoms with Gasteiger partial charge in [0.1, 0.15) is 11.0 Å². The minimum atomic E-state index is -0.921. The molecule has 0 aromatic heterocycles. The van der Waals surface area contributed by atoms with Gasteiger partial charge in [-0.3, -0.25) is 0 Å². The van der Waals surface area contributed by atoms with E-state index in [1.807, 2.05) is 6.07 Å². The molecule has 1 fully saturated rings. The SMILES string of the molecule is CC(C)(C)[S@@](=O)N1CCCC[C@@H]1c1ccccc1. The van der Waals surface area contributed by atoms with Crippen LogP contribution in [0.5, 0.6) is 0 Å². The van der Waals surface area contributed by atoms with Crippen LogP contribution in [0.1, 0.15) is 51.6 Å². The Labute approximate surface area is 113 Å². The molecule has 0 bridgehead atoms. The number of hydrogen-bond donors (Lipinski definition) is 0. The summed E-state index contributed by atoms with van der Waals surface area (Å²) < 4.78 is 14.7. The highest BCUT2D eigenvalue weighted by molar-refractivity contribution is 7.84. The highest BCUT2D eigenvalue weighted by atomic mass is 32.2. The average molecular weight is 265 g/mol. The third kappa shape index (κ3) is 3.01. The van der Waals surface area contributed by atoms with E-state index in [1.165, 1.54) is 12.0 Å². The first-order chi connectivity index (χ1) is 8.50. The molecule has 1 aliphatic heterocycles. The maximum Gasteiger partial charge on any atom is 0.100 e. The number of nitrogens with zero attached hydrogens (tertiary/aromatic N) is 1. The van der Waals surface area contributed by atoms with Gasteiger partial charge in [0.15, 0.2) is 0 Å². The first kappa shape index (κ1) is 13.8. The van der Waals surface area contributed by atoms with E-state index in [0.29, 0.717) is 6.04 Å². The van der Waals surface area contributed by atoms with E-state index in [2.05, 4.69) is 49.3 Å². The van der Waals surface area contributed by atoms with E-state index in [4.69, 9.17) is 0 Å². The van der Waals surface area contributed by atoms with E-state index in [-0.39, 0.29) is 4.75 Å². The largest absolute Gasteiger partial charge is 0.242 e. The summed E-state index contributed by atoms with van der Waals surface area (Å²) in [5.74, 6) is 0. The normalized spacial score (nSPS) is 23.8. The van der Waals surface area contributed by atoms with Crippen LogP contribution in [0.3, 0.4) is 0 Å². The Morgan fingerprint density at radius 2 is 1.83 bits per heavy atom. The lowest BCUT2D eigenvalue weighted by molar-refractivity contribution is 0.264. The van der Waals surface area contributed by atoms with Crippen LogP contribution < -0.4 is 0 Å². The molecule has 0 N–H and O–H groups in total. The third-order valence-corrected chi connectivity index (χ3v) is 5.29. The molecule has 2 rings (SSSR count). The minimum absolute atomic E-state index is 0.176. The molecule has 0 saturated carbocycles. The summed E-state index contributed by atoms with van der Waals surface area (Å²) in [6.07, 6.45) is 3.51. The van der Waals surface area contributed by atoms with Crippen molar-refractivity contribution in [2.24, 2.45) is 0 Å². The summed E-state index contributed by atoms with van der Waals surface area (Å²) in [6, 6.07) is 10.8. The van der Waals surface area contributed by atoms with Crippen molar-refractivity contribution in [1.29, 1.82) is 0 Å². The van der Waals surface area contributed by atoms with Crippen LogP contribution >= 0.6 is 0 Å². The second-order valence-corrected chi connectivity index (χ2v) is 8.12. The van der Waals surface area contributed by atoms with Crippen LogP contribution in [0.25, 0.3) is 0 Å². The van der Waals surface area contributed by atoms with Gasteiger partial charge in [-0.05, 0) is 39.2 Å². The fourth-order valence-electron chi connectivity index (χ4n) is 2.46. The molecule has 0 amide bonds. The lowest BCUT2D eigenvalue weighted by atomic mass is 9.98. The third-order valence-electron chi connectivity index (χ3n) is 3.37. The predicted octanol–water partition coefficient (Wildman–Crippen LogP) is 3.68. The zero-order chi connectivity index (χ0) is 13.2. The fourth-order valence-corrected chi connectivity index (χ4v) is 3.92. The Hall–Kier alpha value is -0.670. The summed E-state index contributed by atoms with van der Waals surface area (Å²) in [6.45, 7) is 7.11. The van der Waals surface area contributed by atoms with Crippen molar-refractivity contribution in [3.8, 4) is 0 Å². The lowest BCUT2D eigenvalue weighted by Gasteiger charge is -2.38. The zero-order valence-corrected chi connectivity index (χ0v) is 12.4. The zero-order valence-electron chi connectivity index (χ0n) is 11.6. The summed E-state index contributed by atoms with van der Waals surface area (Å²) >= 11 is 0. The predicted molar refractivity (Wildman–Crippen MR) is 77.6 cm³/mol. The van der Waals surface area contributed by atoms with Gasteiger partial charge in [-0.15, -0.1) is 0 Å². The lowest BCUT2D eigenvalue weighted by Crippen LogP contribution is -2.42. The molecule has 18 heavy (non-hydrogen) atoms. The number of hydrogen-bond acceptors (Lipinski definition) is 1. The minimum Gasteiger partial charge on any atom is -0.242 e. The second kappa shape index (κ2) is 5.54. The molecule has 2 atom stereocenters. The van der Waals surface area contributed by atoms with Crippen LogP contribution in [0.15, 0.2) is 30.3 Å². The molecular weight excluding hydrogens is 242 g/mol. The molecule has 0 unspecified atom stereocenters. The molecule has 0 radical (unpaired) electrons. The Bertz CT molecular complexity index is 410. The molecule has 2 nitrogen and oxygen atoms in total. The van der Waals surface area contributed by atoms with Crippen molar-refractivity contribution in [3.63, 3.8) is 0 Å². The second-order valence-electron chi connectivity index (χ2n) is 5.92. The van der Waals surface area contributed by atoms with Crippen molar-refractivity contribution in [2.45, 2.75) is 50.8 Å². The highest BCUT2D eigenvalue weighted by Gasteiger charge is 2.33. The van der Waals surface area contributed by atoms with Crippen molar-refractivity contribution < 1.29 is 4.21 Å². The molecular formula is C15H23NOS. The Balaban J connectivity index is 2.24. The van der Waals surface area contributed by atoms with Crippen LogP contribution in [-0.2, 0) is 11.0 Å². The van der Waals surface area contributed by atoms with Gasteiger partial charge in [0.2, 0.25) is 0 Å². The molecule has 1 aliphatic rings. The van der Waals surface area contributed by atoms with Gasteiger partial charge in [0.05, 0.1) is 4.75 Å². The maximum absolute atomic E-state index is 12.6. The monoisotopic (exact) mass is 265 g/mol. The average Bonchev–Trinajstić information content (AvgIpc) is 2.38. The highest BCUT2D eigenvalue weighted by Crippen LogP contribution is 2.34. The van der Waals surface area contributed by atoms with E-state index in [0.717, 1.165) is 19.4 Å². The van der Waals surface area contributed by atoms with Crippen molar-refractivity contribution in [3.05, 3.63) is 35.9 Å². The van der Waals surface area contributed by atoms with Crippen LogP contribution in [0.4, 0.5) is 0 Å². The van der Waals surface area contributed by atoms with Gasteiger partial charge < -0.3 is 0 Å². The molecule has 1 aromatic rings. The number of piperidine rings is 1.